The zero-order chi connectivity index (χ0) is 19.6. The van der Waals surface area contributed by atoms with Crippen molar-refractivity contribution in [3.05, 3.63) is 68.0 Å². The molecule has 2 heterocycles. The van der Waals surface area contributed by atoms with Crippen molar-refractivity contribution in [2.75, 3.05) is 27.2 Å². The molecule has 1 N–H and O–H groups in total. The highest BCUT2D eigenvalue weighted by atomic mass is 79.9. The first-order valence-electron chi connectivity index (χ1n) is 8.62. The van der Waals surface area contributed by atoms with Crippen LogP contribution in [0.15, 0.2) is 57.6 Å². The molecule has 1 aliphatic rings. The molecule has 1 aromatic heterocycles. The SMILES string of the molecule is CN(C)CCCN1C(=O)C(O)=C(C(=O)c2cccs2)C1c1cccc(Br)c1. The number of hydrogen-bond donors (Lipinski definition) is 1. The van der Waals surface area contributed by atoms with Crippen LogP contribution >= 0.6 is 27.3 Å². The van der Waals surface area contributed by atoms with Gasteiger partial charge < -0.3 is 14.9 Å². The first-order valence-corrected chi connectivity index (χ1v) is 10.3. The van der Waals surface area contributed by atoms with Gasteiger partial charge in [0.2, 0.25) is 5.78 Å². The maximum atomic E-state index is 13.1. The first kappa shape index (κ1) is 19.8. The number of aliphatic hydroxyl groups is 1. The fourth-order valence-electron chi connectivity index (χ4n) is 3.24. The van der Waals surface area contributed by atoms with E-state index < -0.39 is 17.7 Å². The number of Topliss-reactive ketones (excluding diaryl/α,β-unsaturated/α-hetero) is 1. The van der Waals surface area contributed by atoms with Crippen LogP contribution in [0.25, 0.3) is 0 Å². The Morgan fingerprint density at radius 1 is 1.30 bits per heavy atom. The fraction of sp³-hybridized carbons (Fsp3) is 0.300. The number of benzene rings is 1. The van der Waals surface area contributed by atoms with Gasteiger partial charge in [-0.25, -0.2) is 0 Å². The Bertz CT molecular complexity index is 877. The third-order valence-electron chi connectivity index (χ3n) is 4.46. The monoisotopic (exact) mass is 448 g/mol. The van der Waals surface area contributed by atoms with Gasteiger partial charge in [-0.3, -0.25) is 9.59 Å². The Labute approximate surface area is 171 Å². The molecule has 2 aromatic rings. The van der Waals surface area contributed by atoms with E-state index in [0.29, 0.717) is 11.4 Å². The molecular weight excluding hydrogens is 428 g/mol. The van der Waals surface area contributed by atoms with Gasteiger partial charge in [-0.05, 0) is 56.2 Å². The summed E-state index contributed by atoms with van der Waals surface area (Å²) in [6.07, 6.45) is 0.747. The van der Waals surface area contributed by atoms with E-state index >= 15 is 0 Å². The zero-order valence-corrected chi connectivity index (χ0v) is 17.6. The first-order chi connectivity index (χ1) is 12.9. The van der Waals surface area contributed by atoms with E-state index in [1.54, 1.807) is 17.0 Å². The number of amides is 1. The zero-order valence-electron chi connectivity index (χ0n) is 15.2. The maximum Gasteiger partial charge on any atom is 0.290 e. The topological polar surface area (TPSA) is 60.9 Å². The van der Waals surface area contributed by atoms with E-state index in [1.807, 2.05) is 48.6 Å². The molecule has 1 unspecified atom stereocenters. The van der Waals surface area contributed by atoms with Crippen LogP contribution in [0.2, 0.25) is 0 Å². The molecule has 7 heteroatoms. The fourth-order valence-corrected chi connectivity index (χ4v) is 4.33. The van der Waals surface area contributed by atoms with Gasteiger partial charge in [0.05, 0.1) is 16.5 Å². The average Bonchev–Trinajstić information content (AvgIpc) is 3.24. The smallest absolute Gasteiger partial charge is 0.290 e. The normalized spacial score (nSPS) is 17.3. The summed E-state index contributed by atoms with van der Waals surface area (Å²) in [4.78, 5) is 30.0. The number of aliphatic hydroxyl groups excluding tert-OH is 1. The van der Waals surface area contributed by atoms with Crippen LogP contribution in [0.3, 0.4) is 0 Å². The average molecular weight is 449 g/mol. The second-order valence-electron chi connectivity index (χ2n) is 6.68. The Morgan fingerprint density at radius 2 is 2.07 bits per heavy atom. The van der Waals surface area contributed by atoms with Crippen molar-refractivity contribution in [2.45, 2.75) is 12.5 Å². The molecule has 27 heavy (non-hydrogen) atoms. The number of carbonyl (C=O) groups excluding carboxylic acids is 2. The van der Waals surface area contributed by atoms with Crippen molar-refractivity contribution in [3.8, 4) is 0 Å². The van der Waals surface area contributed by atoms with Gasteiger partial charge in [0.25, 0.3) is 5.91 Å². The third kappa shape index (κ3) is 4.15. The van der Waals surface area contributed by atoms with E-state index in [0.717, 1.165) is 23.0 Å². The van der Waals surface area contributed by atoms with Crippen molar-refractivity contribution in [1.82, 2.24) is 9.80 Å². The quantitative estimate of drug-likeness (QED) is 0.649. The van der Waals surface area contributed by atoms with Gasteiger partial charge in [0.15, 0.2) is 5.76 Å². The molecule has 0 saturated heterocycles. The number of hydrogen-bond acceptors (Lipinski definition) is 5. The number of carbonyl (C=O) groups is 2. The molecule has 0 radical (unpaired) electrons. The summed E-state index contributed by atoms with van der Waals surface area (Å²) in [7, 11) is 3.94. The van der Waals surface area contributed by atoms with Crippen LogP contribution in [-0.2, 0) is 4.79 Å². The summed E-state index contributed by atoms with van der Waals surface area (Å²) in [6, 6.07) is 10.4. The van der Waals surface area contributed by atoms with Crippen molar-refractivity contribution in [3.63, 3.8) is 0 Å². The third-order valence-corrected chi connectivity index (χ3v) is 5.82. The Morgan fingerprint density at radius 3 is 2.70 bits per heavy atom. The highest BCUT2D eigenvalue weighted by molar-refractivity contribution is 9.10. The minimum Gasteiger partial charge on any atom is -0.503 e. The summed E-state index contributed by atoms with van der Waals surface area (Å²) >= 11 is 4.76. The van der Waals surface area contributed by atoms with Crippen molar-refractivity contribution < 1.29 is 14.7 Å². The maximum absolute atomic E-state index is 13.1. The molecule has 5 nitrogen and oxygen atoms in total. The lowest BCUT2D eigenvalue weighted by Gasteiger charge is -2.27. The number of thiophene rings is 1. The van der Waals surface area contributed by atoms with E-state index in [-0.39, 0.29) is 11.4 Å². The Kier molecular flexibility index (Phi) is 6.14. The molecule has 0 saturated carbocycles. The van der Waals surface area contributed by atoms with Crippen LogP contribution in [0.4, 0.5) is 0 Å². The number of halogens is 1. The van der Waals surface area contributed by atoms with Gasteiger partial charge in [-0.2, -0.15) is 0 Å². The largest absolute Gasteiger partial charge is 0.503 e. The highest BCUT2D eigenvalue weighted by Crippen LogP contribution is 2.40. The van der Waals surface area contributed by atoms with Gasteiger partial charge in [0.1, 0.15) is 0 Å². The molecule has 0 spiro atoms. The highest BCUT2D eigenvalue weighted by Gasteiger charge is 2.43. The van der Waals surface area contributed by atoms with Crippen molar-refractivity contribution >= 4 is 39.0 Å². The predicted molar refractivity (Wildman–Crippen MR) is 110 cm³/mol. The molecule has 1 atom stereocenters. The number of rotatable bonds is 7. The molecule has 1 aliphatic heterocycles. The standard InChI is InChI=1S/C20H21BrN2O3S/c1-22(2)9-5-10-23-17(13-6-3-7-14(21)12-13)16(19(25)20(23)26)18(24)15-8-4-11-27-15/h3-4,6-8,11-12,17,25H,5,9-10H2,1-2H3. The van der Waals surface area contributed by atoms with Crippen LogP contribution in [0.1, 0.15) is 27.7 Å². The summed E-state index contributed by atoms with van der Waals surface area (Å²) in [5.74, 6) is -1.22. The van der Waals surface area contributed by atoms with Crippen molar-refractivity contribution in [1.29, 1.82) is 0 Å². The number of ketones is 1. The summed E-state index contributed by atoms with van der Waals surface area (Å²) < 4.78 is 0.856. The van der Waals surface area contributed by atoms with E-state index in [9.17, 15) is 14.7 Å². The molecule has 1 aromatic carbocycles. The molecule has 3 rings (SSSR count). The molecule has 0 fully saturated rings. The summed E-state index contributed by atoms with van der Waals surface area (Å²) in [5.41, 5.74) is 0.955. The summed E-state index contributed by atoms with van der Waals surface area (Å²) in [6.45, 7) is 1.27. The molecule has 142 valence electrons. The second kappa shape index (κ2) is 8.37. The minimum atomic E-state index is -0.591. The lowest BCUT2D eigenvalue weighted by molar-refractivity contribution is -0.129. The van der Waals surface area contributed by atoms with Crippen LogP contribution in [0.5, 0.6) is 0 Å². The molecule has 1 amide bonds. The van der Waals surface area contributed by atoms with Crippen LogP contribution in [0, 0.1) is 0 Å². The minimum absolute atomic E-state index is 0.158. The van der Waals surface area contributed by atoms with Crippen LogP contribution in [-0.4, -0.2) is 53.8 Å². The van der Waals surface area contributed by atoms with Crippen LogP contribution < -0.4 is 0 Å². The van der Waals surface area contributed by atoms with Gasteiger partial charge in [0, 0.05) is 11.0 Å². The molecular formula is C20H21BrN2O3S. The summed E-state index contributed by atoms with van der Waals surface area (Å²) in [5, 5.41) is 12.4. The van der Waals surface area contributed by atoms with E-state index in [4.69, 9.17) is 0 Å². The van der Waals surface area contributed by atoms with E-state index in [2.05, 4.69) is 15.9 Å². The Balaban J connectivity index is 2.00. The lowest BCUT2D eigenvalue weighted by Crippen LogP contribution is -2.33. The molecule has 0 bridgehead atoms. The lowest BCUT2D eigenvalue weighted by atomic mass is 9.95. The second-order valence-corrected chi connectivity index (χ2v) is 8.54. The number of nitrogens with zero attached hydrogens (tertiary/aromatic N) is 2. The van der Waals surface area contributed by atoms with Gasteiger partial charge in [-0.15, -0.1) is 11.3 Å². The Hall–Kier alpha value is -1.96. The van der Waals surface area contributed by atoms with E-state index in [1.165, 1.54) is 11.3 Å². The predicted octanol–water partition coefficient (Wildman–Crippen LogP) is 4.04. The van der Waals surface area contributed by atoms with Gasteiger partial charge >= 0.3 is 0 Å². The molecule has 0 aliphatic carbocycles. The van der Waals surface area contributed by atoms with Crippen molar-refractivity contribution in [2.24, 2.45) is 0 Å². The van der Waals surface area contributed by atoms with Gasteiger partial charge in [-0.1, -0.05) is 34.1 Å².